The van der Waals surface area contributed by atoms with Gasteiger partial charge in [0.05, 0.1) is 13.2 Å². The number of alkyl halides is 3. The molecule has 7 nitrogen and oxygen atoms in total. The average molecular weight is 532 g/mol. The van der Waals surface area contributed by atoms with Crippen LogP contribution < -0.4 is 20.1 Å². The van der Waals surface area contributed by atoms with Crippen molar-refractivity contribution in [2.75, 3.05) is 19.8 Å². The molecule has 3 rings (SSSR count). The van der Waals surface area contributed by atoms with Crippen LogP contribution in [0.5, 0.6) is 11.5 Å². The van der Waals surface area contributed by atoms with E-state index in [9.17, 15) is 27.2 Å². The van der Waals surface area contributed by atoms with E-state index in [-0.39, 0.29) is 30.2 Å². The highest BCUT2D eigenvalue weighted by Gasteiger charge is 2.31. The van der Waals surface area contributed by atoms with Crippen molar-refractivity contribution in [1.82, 2.24) is 10.6 Å². The fraction of sp³-hybridized carbons (Fsp3) is 0.185. The van der Waals surface area contributed by atoms with Crippen LogP contribution in [0.15, 0.2) is 78.5 Å². The molecule has 38 heavy (non-hydrogen) atoms. The van der Waals surface area contributed by atoms with Crippen molar-refractivity contribution in [3.63, 3.8) is 0 Å². The summed E-state index contributed by atoms with van der Waals surface area (Å²) in [5.41, 5.74) is 1.25. The topological polar surface area (TPSA) is 96.9 Å². The van der Waals surface area contributed by atoms with Crippen molar-refractivity contribution in [1.29, 1.82) is 0 Å². The van der Waals surface area contributed by atoms with E-state index in [2.05, 4.69) is 15.4 Å². The largest absolute Gasteiger partial charge is 0.573 e. The predicted molar refractivity (Wildman–Crippen MR) is 131 cm³/mol. The first-order chi connectivity index (χ1) is 18.1. The van der Waals surface area contributed by atoms with Gasteiger partial charge in [0.25, 0.3) is 11.8 Å². The normalized spacial score (nSPS) is 11.6. The Morgan fingerprint density at radius 2 is 1.53 bits per heavy atom. The van der Waals surface area contributed by atoms with E-state index in [0.29, 0.717) is 24.3 Å². The molecular weight excluding hydrogens is 508 g/mol. The quantitative estimate of drug-likeness (QED) is 0.254. The Bertz CT molecular complexity index is 1240. The summed E-state index contributed by atoms with van der Waals surface area (Å²) < 4.78 is 59.6. The highest BCUT2D eigenvalue weighted by molar-refractivity contribution is 6.05. The molecule has 0 bridgehead atoms. The van der Waals surface area contributed by atoms with Crippen LogP contribution in [0.1, 0.15) is 21.5 Å². The molecule has 0 saturated heterocycles. The molecule has 0 atom stereocenters. The predicted octanol–water partition coefficient (Wildman–Crippen LogP) is 4.23. The second-order valence-corrected chi connectivity index (χ2v) is 7.86. The summed E-state index contributed by atoms with van der Waals surface area (Å²) >= 11 is 0. The van der Waals surface area contributed by atoms with Gasteiger partial charge in [0.1, 0.15) is 23.0 Å². The second kappa shape index (κ2) is 13.2. The molecule has 2 amide bonds. The smallest absolute Gasteiger partial charge is 0.493 e. The number of carbonyl (C=O) groups excluding carboxylic acids is 2. The average Bonchev–Trinajstić information content (AvgIpc) is 2.88. The van der Waals surface area contributed by atoms with Gasteiger partial charge in [-0.05, 0) is 65.7 Å². The zero-order valence-corrected chi connectivity index (χ0v) is 19.9. The standard InChI is InChI=1S/C27H24F4N2O5/c28-21-7-1-18(2-8-21)13-16-37-22-11-5-20(6-12-22)25(35)33-24(26(36)32-14-15-34)17-19-3-9-23(10-4-19)38-27(29,30)31/h1-12,17,34H,13-16H2,(H,32,36)(H,33,35)/b24-17-. The maximum absolute atomic E-state index is 13.0. The van der Waals surface area contributed by atoms with Crippen LogP contribution in [0.25, 0.3) is 6.08 Å². The summed E-state index contributed by atoms with van der Waals surface area (Å²) in [6, 6.07) is 16.9. The molecule has 0 aromatic heterocycles. The van der Waals surface area contributed by atoms with Crippen LogP contribution in [0.2, 0.25) is 0 Å². The molecule has 3 aromatic rings. The highest BCUT2D eigenvalue weighted by Crippen LogP contribution is 2.23. The molecule has 0 heterocycles. The Labute approximate surface area is 215 Å². The van der Waals surface area contributed by atoms with Crippen molar-refractivity contribution >= 4 is 17.9 Å². The van der Waals surface area contributed by atoms with Gasteiger partial charge in [-0.25, -0.2) is 4.39 Å². The Morgan fingerprint density at radius 3 is 2.13 bits per heavy atom. The molecular formula is C27H24F4N2O5. The van der Waals surface area contributed by atoms with Gasteiger partial charge in [-0.3, -0.25) is 9.59 Å². The van der Waals surface area contributed by atoms with Gasteiger partial charge in [0, 0.05) is 18.5 Å². The van der Waals surface area contributed by atoms with Crippen molar-refractivity contribution in [2.45, 2.75) is 12.8 Å². The lowest BCUT2D eigenvalue weighted by Gasteiger charge is -2.12. The van der Waals surface area contributed by atoms with Crippen LogP contribution in [0.3, 0.4) is 0 Å². The van der Waals surface area contributed by atoms with E-state index in [1.54, 1.807) is 24.3 Å². The fourth-order valence-electron chi connectivity index (χ4n) is 3.19. The number of amides is 2. The number of hydrogen-bond donors (Lipinski definition) is 3. The first-order valence-corrected chi connectivity index (χ1v) is 11.4. The minimum Gasteiger partial charge on any atom is -0.493 e. The molecule has 0 fully saturated rings. The van der Waals surface area contributed by atoms with Gasteiger partial charge in [-0.15, -0.1) is 13.2 Å². The summed E-state index contributed by atoms with van der Waals surface area (Å²) in [7, 11) is 0. The van der Waals surface area contributed by atoms with E-state index in [4.69, 9.17) is 9.84 Å². The van der Waals surface area contributed by atoms with Crippen LogP contribution in [-0.4, -0.2) is 43.0 Å². The SMILES string of the molecule is O=C(NCCO)/C(=C/c1ccc(OC(F)(F)F)cc1)NC(=O)c1ccc(OCCc2ccc(F)cc2)cc1. The molecule has 11 heteroatoms. The molecule has 200 valence electrons. The number of benzene rings is 3. The van der Waals surface area contributed by atoms with Gasteiger partial charge in [-0.2, -0.15) is 0 Å². The third kappa shape index (κ3) is 9.25. The van der Waals surface area contributed by atoms with Gasteiger partial charge in [-0.1, -0.05) is 24.3 Å². The van der Waals surface area contributed by atoms with E-state index in [1.807, 2.05) is 0 Å². The number of aliphatic hydroxyl groups is 1. The first kappa shape index (κ1) is 28.2. The highest BCUT2D eigenvalue weighted by atomic mass is 19.4. The Kier molecular flexibility index (Phi) is 9.83. The molecule has 0 spiro atoms. The zero-order valence-electron chi connectivity index (χ0n) is 19.9. The summed E-state index contributed by atoms with van der Waals surface area (Å²) in [6.07, 6.45) is -3.01. The van der Waals surface area contributed by atoms with Gasteiger partial charge in [0.2, 0.25) is 0 Å². The number of carbonyl (C=O) groups is 2. The van der Waals surface area contributed by atoms with Crippen LogP contribution in [0, 0.1) is 5.82 Å². The number of hydrogen-bond acceptors (Lipinski definition) is 5. The summed E-state index contributed by atoms with van der Waals surface area (Å²) in [4.78, 5) is 25.3. The number of halogens is 4. The molecule has 0 aliphatic carbocycles. The minimum absolute atomic E-state index is 0.0750. The van der Waals surface area contributed by atoms with Crippen LogP contribution in [-0.2, 0) is 11.2 Å². The minimum atomic E-state index is -4.84. The number of nitrogens with one attached hydrogen (secondary N) is 2. The fourth-order valence-corrected chi connectivity index (χ4v) is 3.19. The zero-order chi connectivity index (χ0) is 27.5. The maximum Gasteiger partial charge on any atom is 0.573 e. The Hall–Kier alpha value is -4.38. The summed E-state index contributed by atoms with van der Waals surface area (Å²) in [5.74, 6) is -1.58. The maximum atomic E-state index is 13.0. The van der Waals surface area contributed by atoms with Gasteiger partial charge < -0.3 is 25.2 Å². The van der Waals surface area contributed by atoms with Crippen LogP contribution >= 0.6 is 0 Å². The molecule has 0 saturated carbocycles. The molecule has 0 aliphatic heterocycles. The van der Waals surface area contributed by atoms with Crippen molar-refractivity contribution in [2.24, 2.45) is 0 Å². The third-order valence-corrected chi connectivity index (χ3v) is 5.00. The number of rotatable bonds is 11. The molecule has 0 aliphatic rings. The molecule has 0 unspecified atom stereocenters. The van der Waals surface area contributed by atoms with Gasteiger partial charge >= 0.3 is 6.36 Å². The third-order valence-electron chi connectivity index (χ3n) is 5.00. The lowest BCUT2D eigenvalue weighted by Crippen LogP contribution is -2.36. The van der Waals surface area contributed by atoms with Crippen molar-refractivity contribution < 1.29 is 41.7 Å². The first-order valence-electron chi connectivity index (χ1n) is 11.4. The number of aliphatic hydroxyl groups excluding tert-OH is 1. The van der Waals surface area contributed by atoms with E-state index < -0.39 is 23.9 Å². The van der Waals surface area contributed by atoms with E-state index in [1.165, 1.54) is 42.5 Å². The lowest BCUT2D eigenvalue weighted by atomic mass is 10.1. The second-order valence-electron chi connectivity index (χ2n) is 7.86. The summed E-state index contributed by atoms with van der Waals surface area (Å²) in [5, 5.41) is 13.9. The monoisotopic (exact) mass is 532 g/mol. The van der Waals surface area contributed by atoms with Crippen molar-refractivity contribution in [3.05, 3.63) is 101 Å². The number of ether oxygens (including phenoxy) is 2. The molecule has 3 aromatic carbocycles. The van der Waals surface area contributed by atoms with Crippen molar-refractivity contribution in [3.8, 4) is 11.5 Å². The molecule has 3 N–H and O–H groups in total. The van der Waals surface area contributed by atoms with Gasteiger partial charge in [0.15, 0.2) is 0 Å². The Morgan fingerprint density at radius 1 is 0.895 bits per heavy atom. The molecule has 0 radical (unpaired) electrons. The van der Waals surface area contributed by atoms with Crippen LogP contribution in [0.4, 0.5) is 17.6 Å². The van der Waals surface area contributed by atoms with E-state index in [0.717, 1.165) is 17.7 Å². The lowest BCUT2D eigenvalue weighted by molar-refractivity contribution is -0.274. The Balaban J connectivity index is 1.65. The summed E-state index contributed by atoms with van der Waals surface area (Å²) in [6.45, 7) is -0.0741. The van der Waals surface area contributed by atoms with E-state index >= 15 is 0 Å².